The van der Waals surface area contributed by atoms with E-state index in [-0.39, 0.29) is 0 Å². The molecule has 0 saturated carbocycles. The van der Waals surface area contributed by atoms with Crippen LogP contribution in [0, 0.1) is 0 Å². The van der Waals surface area contributed by atoms with Crippen molar-refractivity contribution in [3.05, 3.63) is 0 Å². The lowest BCUT2D eigenvalue weighted by atomic mass is 10.3. The molecule has 1 atom stereocenters. The lowest BCUT2D eigenvalue weighted by molar-refractivity contribution is 0.291. The van der Waals surface area contributed by atoms with Gasteiger partial charge in [-0.15, -0.1) is 0 Å². The Kier molecular flexibility index (Phi) is 11.2. The van der Waals surface area contributed by atoms with Gasteiger partial charge in [0, 0.05) is 6.54 Å². The van der Waals surface area contributed by atoms with Gasteiger partial charge in [0.2, 0.25) is 0 Å². The van der Waals surface area contributed by atoms with Gasteiger partial charge in [0.15, 0.2) is 0 Å². The molecule has 0 aromatic rings. The number of rotatable bonds is 3. The van der Waals surface area contributed by atoms with E-state index in [0.29, 0.717) is 6.42 Å². The Hall–Kier alpha value is -0.110. The molecule has 0 N–H and O–H groups in total. The van der Waals surface area contributed by atoms with Gasteiger partial charge in [0.1, 0.15) is 0 Å². The number of alkyl halides is 1. The van der Waals surface area contributed by atoms with Crippen LogP contribution in [0.2, 0.25) is 0 Å². The zero-order valence-corrected chi connectivity index (χ0v) is 7.82. The van der Waals surface area contributed by atoms with Crippen LogP contribution in [0.15, 0.2) is 0 Å². The first-order valence-corrected chi connectivity index (χ1v) is 3.91. The Morgan fingerprint density at radius 3 is 1.80 bits per heavy atom. The van der Waals surface area contributed by atoms with E-state index in [1.807, 2.05) is 32.8 Å². The first-order chi connectivity index (χ1) is 4.63. The van der Waals surface area contributed by atoms with Crippen molar-refractivity contribution in [3.63, 3.8) is 0 Å². The van der Waals surface area contributed by atoms with E-state index >= 15 is 0 Å². The van der Waals surface area contributed by atoms with Gasteiger partial charge in [-0.1, -0.05) is 13.8 Å². The highest BCUT2D eigenvalue weighted by atomic mass is 19.1. The second-order valence-corrected chi connectivity index (χ2v) is 2.37. The molecule has 2 heteroatoms. The highest BCUT2D eigenvalue weighted by Crippen LogP contribution is 1.94. The molecule has 0 aliphatic rings. The largest absolute Gasteiger partial charge is 0.309 e. The molecule has 0 rings (SSSR count). The maximum Gasteiger partial charge on any atom is 0.0985 e. The van der Waals surface area contributed by atoms with Crippen molar-refractivity contribution in [1.82, 2.24) is 4.90 Å². The van der Waals surface area contributed by atoms with Gasteiger partial charge in [-0.05, 0) is 27.4 Å². The van der Waals surface area contributed by atoms with E-state index in [4.69, 9.17) is 0 Å². The second-order valence-electron chi connectivity index (χ2n) is 2.37. The summed E-state index contributed by atoms with van der Waals surface area (Å²) in [6.45, 7) is 6.43. The van der Waals surface area contributed by atoms with Crippen molar-refractivity contribution in [3.8, 4) is 0 Å². The van der Waals surface area contributed by atoms with Gasteiger partial charge in [0.25, 0.3) is 0 Å². The van der Waals surface area contributed by atoms with Crippen LogP contribution in [0.1, 0.15) is 27.2 Å². The summed E-state index contributed by atoms with van der Waals surface area (Å²) >= 11 is 0. The second kappa shape index (κ2) is 8.89. The van der Waals surface area contributed by atoms with E-state index in [0.717, 1.165) is 6.54 Å². The molecular weight excluding hydrogens is 129 g/mol. The zero-order chi connectivity index (χ0) is 8.57. The molecule has 0 aromatic heterocycles. The summed E-state index contributed by atoms with van der Waals surface area (Å²) < 4.78 is 12.0. The van der Waals surface area contributed by atoms with Crippen LogP contribution in [-0.2, 0) is 0 Å². The van der Waals surface area contributed by atoms with E-state index in [1.54, 1.807) is 6.92 Å². The maximum atomic E-state index is 12.0. The fourth-order valence-corrected chi connectivity index (χ4v) is 0.436. The molecule has 0 radical (unpaired) electrons. The van der Waals surface area contributed by atoms with Crippen LogP contribution in [-0.4, -0.2) is 31.7 Å². The molecule has 0 bridgehead atoms. The molecule has 64 valence electrons. The first kappa shape index (κ1) is 12.6. The lowest BCUT2D eigenvalue weighted by Crippen LogP contribution is -2.15. The molecule has 0 aliphatic heterocycles. The summed E-state index contributed by atoms with van der Waals surface area (Å²) in [5, 5.41) is 0. The molecule has 0 amide bonds. The van der Waals surface area contributed by atoms with Crippen LogP contribution >= 0.6 is 0 Å². The van der Waals surface area contributed by atoms with Crippen LogP contribution < -0.4 is 0 Å². The van der Waals surface area contributed by atoms with Gasteiger partial charge >= 0.3 is 0 Å². The molecule has 0 heterocycles. The summed E-state index contributed by atoms with van der Waals surface area (Å²) in [6.07, 6.45) is -0.00935. The molecular formula is C8H20FN. The predicted molar refractivity (Wildman–Crippen MR) is 45.1 cm³/mol. The van der Waals surface area contributed by atoms with E-state index in [9.17, 15) is 4.39 Å². The van der Waals surface area contributed by atoms with E-state index in [2.05, 4.69) is 0 Å². The highest BCUT2D eigenvalue weighted by Gasteiger charge is 1.96. The Morgan fingerprint density at radius 1 is 1.30 bits per heavy atom. The van der Waals surface area contributed by atoms with E-state index in [1.165, 1.54) is 0 Å². The van der Waals surface area contributed by atoms with Crippen molar-refractivity contribution in [2.75, 3.05) is 20.6 Å². The smallest absolute Gasteiger partial charge is 0.0985 e. The number of halogens is 1. The molecule has 0 spiro atoms. The average Bonchev–Trinajstić information content (AvgIpc) is 1.89. The Labute approximate surface area is 64.2 Å². The van der Waals surface area contributed by atoms with Gasteiger partial charge in [0.05, 0.1) is 6.17 Å². The first-order valence-electron chi connectivity index (χ1n) is 3.91. The Morgan fingerprint density at radius 2 is 1.70 bits per heavy atom. The standard InChI is InChI=1S/C6H14FN.C2H6/c1-6(7)4-5-8(2)3;1-2/h6H,4-5H2,1-3H3;1-2H3. The van der Waals surface area contributed by atoms with Crippen molar-refractivity contribution < 1.29 is 4.39 Å². The van der Waals surface area contributed by atoms with Crippen molar-refractivity contribution >= 4 is 0 Å². The third kappa shape index (κ3) is 15.7. The molecule has 0 saturated heterocycles. The number of hydrogen-bond donors (Lipinski definition) is 0. The Balaban J connectivity index is 0. The minimum Gasteiger partial charge on any atom is -0.309 e. The van der Waals surface area contributed by atoms with Crippen molar-refractivity contribution in [2.24, 2.45) is 0 Å². The highest BCUT2D eigenvalue weighted by molar-refractivity contribution is 4.49. The van der Waals surface area contributed by atoms with E-state index < -0.39 is 6.17 Å². The summed E-state index contributed by atoms with van der Waals surface area (Å²) in [5.41, 5.74) is 0. The third-order valence-corrected chi connectivity index (χ3v) is 0.974. The minimum absolute atomic E-state index is 0.646. The van der Waals surface area contributed by atoms with Crippen molar-refractivity contribution in [2.45, 2.75) is 33.4 Å². The van der Waals surface area contributed by atoms with Gasteiger partial charge in [-0.25, -0.2) is 4.39 Å². The lowest BCUT2D eigenvalue weighted by Gasteiger charge is -2.08. The van der Waals surface area contributed by atoms with Crippen LogP contribution in [0.5, 0.6) is 0 Å². The normalized spacial score (nSPS) is 12.3. The fraction of sp³-hybridized carbons (Fsp3) is 1.00. The van der Waals surface area contributed by atoms with Gasteiger partial charge in [-0.2, -0.15) is 0 Å². The average molecular weight is 149 g/mol. The van der Waals surface area contributed by atoms with Gasteiger partial charge < -0.3 is 4.90 Å². The van der Waals surface area contributed by atoms with Crippen LogP contribution in [0.25, 0.3) is 0 Å². The Bertz CT molecular complexity index is 45.2. The van der Waals surface area contributed by atoms with Gasteiger partial charge in [-0.3, -0.25) is 0 Å². The summed E-state index contributed by atoms with van der Waals surface area (Å²) in [5.74, 6) is 0. The summed E-state index contributed by atoms with van der Waals surface area (Å²) in [4.78, 5) is 1.98. The maximum absolute atomic E-state index is 12.0. The summed E-state index contributed by atoms with van der Waals surface area (Å²) in [7, 11) is 3.89. The summed E-state index contributed by atoms with van der Waals surface area (Å²) in [6, 6.07) is 0. The van der Waals surface area contributed by atoms with Crippen molar-refractivity contribution in [1.29, 1.82) is 0 Å². The number of hydrogen-bond acceptors (Lipinski definition) is 1. The molecule has 0 aliphatic carbocycles. The third-order valence-electron chi connectivity index (χ3n) is 0.974. The fourth-order valence-electron chi connectivity index (χ4n) is 0.436. The minimum atomic E-state index is -0.655. The topological polar surface area (TPSA) is 3.24 Å². The monoisotopic (exact) mass is 149 g/mol. The van der Waals surface area contributed by atoms with Crippen LogP contribution in [0.3, 0.4) is 0 Å². The predicted octanol–water partition coefficient (Wildman–Crippen LogP) is 2.32. The molecule has 10 heavy (non-hydrogen) atoms. The SMILES string of the molecule is CC.CC(F)CCN(C)C. The molecule has 1 unspecified atom stereocenters. The van der Waals surface area contributed by atoms with Crippen LogP contribution in [0.4, 0.5) is 4.39 Å². The molecule has 1 nitrogen and oxygen atoms in total. The zero-order valence-electron chi connectivity index (χ0n) is 7.82. The quantitative estimate of drug-likeness (QED) is 0.595. The molecule has 0 aromatic carbocycles. The molecule has 0 fully saturated rings. The number of nitrogens with zero attached hydrogens (tertiary/aromatic N) is 1.